The van der Waals surface area contributed by atoms with Crippen molar-refractivity contribution < 1.29 is 8.78 Å². The predicted molar refractivity (Wildman–Crippen MR) is 63.8 cm³/mol. The van der Waals surface area contributed by atoms with Gasteiger partial charge in [-0.25, -0.2) is 8.78 Å². The topological polar surface area (TPSA) is 0 Å². The Balaban J connectivity index is 2.43. The van der Waals surface area contributed by atoms with Crippen molar-refractivity contribution in [2.45, 2.75) is 44.4 Å². The molecule has 0 fully saturated rings. The van der Waals surface area contributed by atoms with Gasteiger partial charge in [0.2, 0.25) is 0 Å². The van der Waals surface area contributed by atoms with Crippen LogP contribution in [-0.4, -0.2) is 5.38 Å². The fourth-order valence-corrected chi connectivity index (χ4v) is 2.10. The Kier molecular flexibility index (Phi) is 5.75. The molecular weight excluding hydrogens is 230 g/mol. The van der Waals surface area contributed by atoms with Crippen LogP contribution in [-0.2, 0) is 6.42 Å². The van der Waals surface area contributed by atoms with Crippen LogP contribution in [0.25, 0.3) is 0 Å². The van der Waals surface area contributed by atoms with Crippen LogP contribution < -0.4 is 0 Å². The molecule has 0 aromatic heterocycles. The van der Waals surface area contributed by atoms with Crippen molar-refractivity contribution in [1.29, 1.82) is 0 Å². The number of benzene rings is 1. The normalized spacial score (nSPS) is 12.8. The first-order valence-corrected chi connectivity index (χ1v) is 6.15. The van der Waals surface area contributed by atoms with Crippen molar-refractivity contribution >= 4 is 11.6 Å². The second kappa shape index (κ2) is 6.85. The Labute approximate surface area is 101 Å². The van der Waals surface area contributed by atoms with Crippen molar-refractivity contribution in [1.82, 2.24) is 0 Å². The maximum absolute atomic E-state index is 13.2. The molecule has 0 aliphatic carbocycles. The van der Waals surface area contributed by atoms with Crippen LogP contribution in [0, 0.1) is 11.6 Å². The molecule has 0 N–H and O–H groups in total. The van der Waals surface area contributed by atoms with Crippen molar-refractivity contribution in [2.24, 2.45) is 0 Å². The molecule has 0 bridgehead atoms. The van der Waals surface area contributed by atoms with Crippen LogP contribution in [0.1, 0.15) is 38.2 Å². The second-order valence-electron chi connectivity index (χ2n) is 3.98. The first-order chi connectivity index (χ1) is 7.65. The minimum absolute atomic E-state index is 0.125. The zero-order valence-corrected chi connectivity index (χ0v) is 10.2. The monoisotopic (exact) mass is 246 g/mol. The lowest BCUT2D eigenvalue weighted by molar-refractivity contribution is 0.542. The second-order valence-corrected chi connectivity index (χ2v) is 4.60. The van der Waals surface area contributed by atoms with Crippen molar-refractivity contribution in [3.8, 4) is 0 Å². The molecule has 0 radical (unpaired) electrons. The van der Waals surface area contributed by atoms with Gasteiger partial charge in [0, 0.05) is 10.9 Å². The van der Waals surface area contributed by atoms with Crippen LogP contribution in [0.3, 0.4) is 0 Å². The predicted octanol–water partition coefficient (Wildman–Crippen LogP) is 4.70. The molecule has 1 aromatic rings. The highest BCUT2D eigenvalue weighted by Crippen LogP contribution is 2.18. The maximum atomic E-state index is 13.2. The first kappa shape index (κ1) is 13.4. The van der Waals surface area contributed by atoms with Crippen LogP contribution in [0.15, 0.2) is 18.2 Å². The SMILES string of the molecule is CCCC(Cl)CCCc1c(F)cccc1F. The van der Waals surface area contributed by atoms with Gasteiger partial charge in [-0.1, -0.05) is 19.4 Å². The fraction of sp³-hybridized carbons (Fsp3) is 0.538. The molecule has 0 amide bonds. The van der Waals surface area contributed by atoms with Gasteiger partial charge >= 0.3 is 0 Å². The van der Waals surface area contributed by atoms with Gasteiger partial charge < -0.3 is 0 Å². The third kappa shape index (κ3) is 4.09. The average molecular weight is 247 g/mol. The average Bonchev–Trinajstić information content (AvgIpc) is 2.23. The molecule has 1 atom stereocenters. The highest BCUT2D eigenvalue weighted by Gasteiger charge is 2.09. The third-order valence-electron chi connectivity index (χ3n) is 2.61. The highest BCUT2D eigenvalue weighted by atomic mass is 35.5. The van der Waals surface area contributed by atoms with Crippen LogP contribution >= 0.6 is 11.6 Å². The first-order valence-electron chi connectivity index (χ1n) is 5.72. The smallest absolute Gasteiger partial charge is 0.129 e. The molecular formula is C13H17ClF2. The van der Waals surface area contributed by atoms with Crippen molar-refractivity contribution in [3.05, 3.63) is 35.4 Å². The number of halogens is 3. The summed E-state index contributed by atoms with van der Waals surface area (Å²) in [5, 5.41) is 0.125. The van der Waals surface area contributed by atoms with Gasteiger partial charge in [-0.15, -0.1) is 11.6 Å². The van der Waals surface area contributed by atoms with Gasteiger partial charge in [0.25, 0.3) is 0 Å². The molecule has 0 aliphatic rings. The summed E-state index contributed by atoms with van der Waals surface area (Å²) >= 11 is 6.04. The molecule has 16 heavy (non-hydrogen) atoms. The molecule has 0 saturated heterocycles. The van der Waals surface area contributed by atoms with E-state index in [4.69, 9.17) is 11.6 Å². The Hall–Kier alpha value is -0.630. The van der Waals surface area contributed by atoms with Crippen LogP contribution in [0.2, 0.25) is 0 Å². The zero-order chi connectivity index (χ0) is 12.0. The summed E-state index contributed by atoms with van der Waals surface area (Å²) in [5.41, 5.74) is 0.183. The minimum Gasteiger partial charge on any atom is -0.207 e. The zero-order valence-electron chi connectivity index (χ0n) is 9.48. The lowest BCUT2D eigenvalue weighted by Gasteiger charge is -2.08. The van der Waals surface area contributed by atoms with Crippen molar-refractivity contribution in [3.63, 3.8) is 0 Å². The van der Waals surface area contributed by atoms with E-state index in [-0.39, 0.29) is 10.9 Å². The Morgan fingerprint density at radius 2 is 1.81 bits per heavy atom. The summed E-state index contributed by atoms with van der Waals surface area (Å²) in [4.78, 5) is 0. The van der Waals surface area contributed by atoms with Gasteiger partial charge in [-0.3, -0.25) is 0 Å². The molecule has 0 aliphatic heterocycles. The summed E-state index contributed by atoms with van der Waals surface area (Å²) in [6.07, 6.45) is 3.96. The van der Waals surface area contributed by atoms with E-state index in [1.54, 1.807) is 0 Å². The Morgan fingerprint density at radius 1 is 1.19 bits per heavy atom. The van der Waals surface area contributed by atoms with E-state index in [9.17, 15) is 8.78 Å². The van der Waals surface area contributed by atoms with Gasteiger partial charge in [0.15, 0.2) is 0 Å². The summed E-state index contributed by atoms with van der Waals surface area (Å²) in [7, 11) is 0. The molecule has 0 spiro atoms. The molecule has 90 valence electrons. The maximum Gasteiger partial charge on any atom is 0.129 e. The lowest BCUT2D eigenvalue weighted by Crippen LogP contribution is -2.01. The Bertz CT molecular complexity index is 305. The fourth-order valence-electron chi connectivity index (χ4n) is 1.73. The molecule has 1 aromatic carbocycles. The van der Waals surface area contributed by atoms with Gasteiger partial charge in [0.05, 0.1) is 0 Å². The Morgan fingerprint density at radius 3 is 2.38 bits per heavy atom. The molecule has 3 heteroatoms. The largest absolute Gasteiger partial charge is 0.207 e. The highest BCUT2D eigenvalue weighted by molar-refractivity contribution is 6.20. The number of hydrogen-bond donors (Lipinski definition) is 0. The van der Waals surface area contributed by atoms with E-state index in [2.05, 4.69) is 6.92 Å². The third-order valence-corrected chi connectivity index (χ3v) is 3.04. The molecule has 1 rings (SSSR count). The van der Waals surface area contributed by atoms with E-state index in [0.29, 0.717) is 6.42 Å². The summed E-state index contributed by atoms with van der Waals surface area (Å²) in [6.45, 7) is 2.08. The van der Waals surface area contributed by atoms with E-state index >= 15 is 0 Å². The van der Waals surface area contributed by atoms with E-state index in [0.717, 1.165) is 25.7 Å². The summed E-state index contributed by atoms with van der Waals surface area (Å²) in [5.74, 6) is -0.914. The lowest BCUT2D eigenvalue weighted by atomic mass is 10.0. The summed E-state index contributed by atoms with van der Waals surface area (Å²) < 4.78 is 26.5. The molecule has 0 saturated carbocycles. The molecule has 0 heterocycles. The number of hydrogen-bond acceptors (Lipinski definition) is 0. The van der Waals surface area contributed by atoms with Gasteiger partial charge in [0.1, 0.15) is 11.6 Å². The van der Waals surface area contributed by atoms with Crippen LogP contribution in [0.5, 0.6) is 0 Å². The molecule has 0 nitrogen and oxygen atoms in total. The van der Waals surface area contributed by atoms with Crippen molar-refractivity contribution in [2.75, 3.05) is 0 Å². The van der Waals surface area contributed by atoms with Gasteiger partial charge in [-0.05, 0) is 37.8 Å². The van der Waals surface area contributed by atoms with E-state index in [1.165, 1.54) is 18.2 Å². The minimum atomic E-state index is -0.457. The summed E-state index contributed by atoms with van der Waals surface area (Å²) in [6, 6.07) is 3.97. The molecule has 1 unspecified atom stereocenters. The van der Waals surface area contributed by atoms with E-state index in [1.807, 2.05) is 0 Å². The number of alkyl halides is 1. The van der Waals surface area contributed by atoms with Crippen LogP contribution in [0.4, 0.5) is 8.78 Å². The quantitative estimate of drug-likeness (QED) is 0.639. The van der Waals surface area contributed by atoms with E-state index < -0.39 is 11.6 Å². The standard InChI is InChI=1S/C13H17ClF2/c1-2-5-10(14)6-3-7-11-12(15)8-4-9-13(11)16/h4,8-10H,2-3,5-7H2,1H3. The number of rotatable bonds is 6. The van der Waals surface area contributed by atoms with Gasteiger partial charge in [-0.2, -0.15) is 0 Å².